The summed E-state index contributed by atoms with van der Waals surface area (Å²) in [7, 11) is 3.24. The molecule has 2 rings (SSSR count). The fourth-order valence-electron chi connectivity index (χ4n) is 2.26. The molecule has 0 heterocycles. The van der Waals surface area contributed by atoms with Crippen molar-refractivity contribution in [2.45, 2.75) is 19.4 Å². The van der Waals surface area contributed by atoms with Crippen molar-refractivity contribution in [3.05, 3.63) is 59.2 Å². The summed E-state index contributed by atoms with van der Waals surface area (Å²) in [5.41, 5.74) is 3.21. The maximum absolute atomic E-state index is 9.45. The van der Waals surface area contributed by atoms with Gasteiger partial charge < -0.3 is 19.3 Å². The van der Waals surface area contributed by atoms with Crippen LogP contribution >= 0.6 is 0 Å². The molecule has 4 heteroatoms. The monoisotopic (exact) mass is 302 g/mol. The van der Waals surface area contributed by atoms with Crippen molar-refractivity contribution in [3.63, 3.8) is 0 Å². The summed E-state index contributed by atoms with van der Waals surface area (Å²) in [6.07, 6.45) is 1.84. The molecule has 2 aromatic rings. The third kappa shape index (κ3) is 4.48. The molecule has 1 N–H and O–H groups in total. The van der Waals surface area contributed by atoms with Gasteiger partial charge in [0.25, 0.3) is 0 Å². The zero-order valence-electron chi connectivity index (χ0n) is 13.0. The molecular formula is C18H22O4. The van der Waals surface area contributed by atoms with Gasteiger partial charge in [-0.1, -0.05) is 18.2 Å². The second kappa shape index (κ2) is 8.41. The minimum absolute atomic E-state index is 0.0462. The molecule has 22 heavy (non-hydrogen) atoms. The quantitative estimate of drug-likeness (QED) is 0.762. The highest BCUT2D eigenvalue weighted by Gasteiger charge is 2.05. The summed E-state index contributed by atoms with van der Waals surface area (Å²) < 4.78 is 15.5. The van der Waals surface area contributed by atoms with Crippen molar-refractivity contribution in [2.24, 2.45) is 0 Å². The van der Waals surface area contributed by atoms with E-state index < -0.39 is 0 Å². The Labute approximate surface area is 131 Å². The molecule has 0 bridgehead atoms. The average molecular weight is 302 g/mol. The highest BCUT2D eigenvalue weighted by molar-refractivity contribution is 5.37. The van der Waals surface area contributed by atoms with E-state index in [9.17, 15) is 5.11 Å². The van der Waals surface area contributed by atoms with E-state index in [0.717, 1.165) is 24.2 Å². The van der Waals surface area contributed by atoms with E-state index in [2.05, 4.69) is 12.1 Å². The van der Waals surface area contributed by atoms with Crippen molar-refractivity contribution in [2.75, 3.05) is 21.0 Å². The Morgan fingerprint density at radius 1 is 0.909 bits per heavy atom. The van der Waals surface area contributed by atoms with E-state index in [4.69, 9.17) is 14.2 Å². The first-order chi connectivity index (χ1) is 10.8. The molecule has 0 fully saturated rings. The summed E-state index contributed by atoms with van der Waals surface area (Å²) in [5, 5.41) is 9.45. The molecule has 0 aliphatic heterocycles. The molecule has 0 atom stereocenters. The smallest absolute Gasteiger partial charge is 0.188 e. The van der Waals surface area contributed by atoms with Gasteiger partial charge in [-0.3, -0.25) is 0 Å². The Hall–Kier alpha value is -2.04. The lowest BCUT2D eigenvalue weighted by Crippen LogP contribution is -2.02. The summed E-state index contributed by atoms with van der Waals surface area (Å²) >= 11 is 0. The first-order valence-electron chi connectivity index (χ1n) is 7.24. The van der Waals surface area contributed by atoms with Gasteiger partial charge in [-0.05, 0) is 48.2 Å². The molecule has 0 spiro atoms. The minimum Gasteiger partial charge on any atom is -0.497 e. The zero-order valence-corrected chi connectivity index (χ0v) is 13.0. The number of aliphatic hydroxyl groups excluding tert-OH is 1. The van der Waals surface area contributed by atoms with Gasteiger partial charge in [0.1, 0.15) is 11.5 Å². The van der Waals surface area contributed by atoms with E-state index >= 15 is 0 Å². The summed E-state index contributed by atoms with van der Waals surface area (Å²) in [6.45, 7) is 0.133. The van der Waals surface area contributed by atoms with Gasteiger partial charge in [0.05, 0.1) is 13.7 Å². The van der Waals surface area contributed by atoms with E-state index in [0.29, 0.717) is 5.75 Å². The van der Waals surface area contributed by atoms with E-state index in [-0.39, 0.29) is 13.4 Å². The van der Waals surface area contributed by atoms with Crippen molar-refractivity contribution in [1.29, 1.82) is 0 Å². The number of hydrogen-bond donors (Lipinski definition) is 1. The molecule has 0 aliphatic rings. The molecule has 0 aliphatic carbocycles. The van der Waals surface area contributed by atoms with Crippen LogP contribution in [0.2, 0.25) is 0 Å². The molecule has 0 radical (unpaired) electrons. The van der Waals surface area contributed by atoms with Crippen molar-refractivity contribution in [3.8, 4) is 11.5 Å². The van der Waals surface area contributed by atoms with Crippen LogP contribution in [-0.4, -0.2) is 26.1 Å². The lowest BCUT2D eigenvalue weighted by Gasteiger charge is -2.11. The molecule has 0 unspecified atom stereocenters. The van der Waals surface area contributed by atoms with Crippen LogP contribution in [0, 0.1) is 0 Å². The fraction of sp³-hybridized carbons (Fsp3) is 0.333. The lowest BCUT2D eigenvalue weighted by molar-refractivity contribution is 0.0495. The Morgan fingerprint density at radius 2 is 1.59 bits per heavy atom. The van der Waals surface area contributed by atoms with Crippen molar-refractivity contribution >= 4 is 0 Å². The summed E-state index contributed by atoms with van der Waals surface area (Å²) in [4.78, 5) is 0. The lowest BCUT2D eigenvalue weighted by atomic mass is 10.0. The van der Waals surface area contributed by atoms with E-state index in [1.54, 1.807) is 14.2 Å². The van der Waals surface area contributed by atoms with Crippen LogP contribution in [0.3, 0.4) is 0 Å². The molecule has 118 valence electrons. The minimum atomic E-state index is -0.0462. The van der Waals surface area contributed by atoms with Crippen LogP contribution in [0.5, 0.6) is 11.5 Å². The van der Waals surface area contributed by atoms with Gasteiger partial charge in [0.2, 0.25) is 0 Å². The number of methoxy groups -OCH3 is 2. The van der Waals surface area contributed by atoms with Gasteiger partial charge >= 0.3 is 0 Å². The SMILES string of the molecule is COCOc1ccc(CCc2ccc(OC)cc2)cc1CO. The van der Waals surface area contributed by atoms with Crippen molar-refractivity contribution in [1.82, 2.24) is 0 Å². The van der Waals surface area contributed by atoms with Crippen LogP contribution in [-0.2, 0) is 24.2 Å². The molecule has 0 saturated heterocycles. The largest absolute Gasteiger partial charge is 0.497 e. The standard InChI is InChI=1S/C18H22O4/c1-20-13-22-18-10-7-15(11-16(18)12-19)4-3-14-5-8-17(21-2)9-6-14/h5-11,19H,3-4,12-13H2,1-2H3. The fourth-order valence-corrected chi connectivity index (χ4v) is 2.26. The Kier molecular flexibility index (Phi) is 6.25. The molecule has 2 aromatic carbocycles. The van der Waals surface area contributed by atoms with Gasteiger partial charge in [-0.25, -0.2) is 0 Å². The maximum Gasteiger partial charge on any atom is 0.188 e. The first-order valence-corrected chi connectivity index (χ1v) is 7.24. The third-order valence-electron chi connectivity index (χ3n) is 3.49. The number of ether oxygens (including phenoxy) is 3. The van der Waals surface area contributed by atoms with Gasteiger partial charge in [0.15, 0.2) is 6.79 Å². The van der Waals surface area contributed by atoms with Gasteiger partial charge in [0, 0.05) is 12.7 Å². The van der Waals surface area contributed by atoms with Crippen LogP contribution < -0.4 is 9.47 Å². The average Bonchev–Trinajstić information content (AvgIpc) is 2.58. The van der Waals surface area contributed by atoms with E-state index in [1.807, 2.05) is 30.3 Å². The number of aliphatic hydroxyl groups is 1. The predicted molar refractivity (Wildman–Crippen MR) is 85.3 cm³/mol. The Balaban J connectivity index is 1.99. The van der Waals surface area contributed by atoms with Crippen molar-refractivity contribution < 1.29 is 19.3 Å². The molecular weight excluding hydrogens is 280 g/mol. The number of benzene rings is 2. The van der Waals surface area contributed by atoms with E-state index in [1.165, 1.54) is 11.1 Å². The zero-order chi connectivity index (χ0) is 15.8. The number of rotatable bonds is 8. The van der Waals surface area contributed by atoms with Crippen LogP contribution in [0.15, 0.2) is 42.5 Å². The molecule has 0 aromatic heterocycles. The van der Waals surface area contributed by atoms with Gasteiger partial charge in [-0.2, -0.15) is 0 Å². The highest BCUT2D eigenvalue weighted by Crippen LogP contribution is 2.21. The summed E-state index contributed by atoms with van der Waals surface area (Å²) in [5.74, 6) is 1.53. The Morgan fingerprint density at radius 3 is 2.23 bits per heavy atom. The normalized spacial score (nSPS) is 10.5. The van der Waals surface area contributed by atoms with Crippen LogP contribution in [0.4, 0.5) is 0 Å². The second-order valence-corrected chi connectivity index (χ2v) is 5.00. The number of hydrogen-bond acceptors (Lipinski definition) is 4. The molecule has 4 nitrogen and oxygen atoms in total. The number of aryl methyl sites for hydroxylation is 2. The molecule has 0 saturated carbocycles. The highest BCUT2D eigenvalue weighted by atomic mass is 16.7. The molecule has 0 amide bonds. The Bertz CT molecular complexity index is 578. The summed E-state index contributed by atoms with van der Waals surface area (Å²) in [6, 6.07) is 14.0. The van der Waals surface area contributed by atoms with Crippen LogP contribution in [0.1, 0.15) is 16.7 Å². The predicted octanol–water partition coefficient (Wildman–Crippen LogP) is 2.96. The maximum atomic E-state index is 9.45. The topological polar surface area (TPSA) is 47.9 Å². The first kappa shape index (κ1) is 16.3. The van der Waals surface area contributed by atoms with Crippen LogP contribution in [0.25, 0.3) is 0 Å². The van der Waals surface area contributed by atoms with Gasteiger partial charge in [-0.15, -0.1) is 0 Å². The third-order valence-corrected chi connectivity index (χ3v) is 3.49. The second-order valence-electron chi connectivity index (χ2n) is 5.00.